The SMILES string of the molecule is CC(C)(C)C(CC(=O)O)NC(=O)CCC1CCCCN1. The van der Waals surface area contributed by atoms with Gasteiger partial charge in [0.1, 0.15) is 0 Å². The van der Waals surface area contributed by atoms with Crippen LogP contribution in [0, 0.1) is 5.41 Å². The van der Waals surface area contributed by atoms with Crippen molar-refractivity contribution in [2.45, 2.75) is 71.4 Å². The summed E-state index contributed by atoms with van der Waals surface area (Å²) >= 11 is 0. The van der Waals surface area contributed by atoms with Crippen molar-refractivity contribution in [1.29, 1.82) is 0 Å². The van der Waals surface area contributed by atoms with E-state index in [4.69, 9.17) is 5.11 Å². The van der Waals surface area contributed by atoms with Crippen LogP contribution in [0.5, 0.6) is 0 Å². The highest BCUT2D eigenvalue weighted by molar-refractivity contribution is 5.77. The first kappa shape index (κ1) is 17.0. The summed E-state index contributed by atoms with van der Waals surface area (Å²) in [5, 5.41) is 15.2. The molecule has 0 aromatic heterocycles. The van der Waals surface area contributed by atoms with Crippen LogP contribution in [0.25, 0.3) is 0 Å². The summed E-state index contributed by atoms with van der Waals surface area (Å²) in [6.45, 7) is 6.88. The second-order valence-electron chi connectivity index (χ2n) is 6.77. The maximum Gasteiger partial charge on any atom is 0.305 e. The van der Waals surface area contributed by atoms with Crippen molar-refractivity contribution in [3.63, 3.8) is 0 Å². The van der Waals surface area contributed by atoms with Crippen molar-refractivity contribution >= 4 is 11.9 Å². The van der Waals surface area contributed by atoms with E-state index in [0.29, 0.717) is 12.5 Å². The van der Waals surface area contributed by atoms with Gasteiger partial charge in [-0.25, -0.2) is 0 Å². The topological polar surface area (TPSA) is 78.4 Å². The standard InChI is InChI=1S/C15H28N2O3/c1-15(2,3)12(10-14(19)20)17-13(18)8-7-11-6-4-5-9-16-11/h11-12,16H,4-10H2,1-3H3,(H,17,18)(H,19,20). The lowest BCUT2D eigenvalue weighted by Gasteiger charge is -2.30. The summed E-state index contributed by atoms with van der Waals surface area (Å²) in [6.07, 6.45) is 4.83. The van der Waals surface area contributed by atoms with Crippen LogP contribution < -0.4 is 10.6 Å². The molecular formula is C15H28N2O3. The Morgan fingerprint density at radius 2 is 2.05 bits per heavy atom. The van der Waals surface area contributed by atoms with Gasteiger partial charge in [-0.15, -0.1) is 0 Å². The van der Waals surface area contributed by atoms with E-state index in [9.17, 15) is 9.59 Å². The second kappa shape index (κ2) is 7.62. The van der Waals surface area contributed by atoms with Gasteiger partial charge in [0.25, 0.3) is 0 Å². The van der Waals surface area contributed by atoms with E-state index in [2.05, 4.69) is 10.6 Å². The highest BCUT2D eigenvalue weighted by atomic mass is 16.4. The van der Waals surface area contributed by atoms with Gasteiger partial charge in [0.05, 0.1) is 6.42 Å². The minimum atomic E-state index is -0.876. The molecule has 0 aromatic rings. The lowest BCUT2D eigenvalue weighted by Crippen LogP contribution is -2.45. The van der Waals surface area contributed by atoms with Crippen molar-refractivity contribution < 1.29 is 14.7 Å². The third kappa shape index (κ3) is 6.37. The molecule has 1 saturated heterocycles. The minimum Gasteiger partial charge on any atom is -0.481 e. The number of carbonyl (C=O) groups excluding carboxylic acids is 1. The molecule has 0 aromatic carbocycles. The largest absolute Gasteiger partial charge is 0.481 e. The first-order valence-corrected chi connectivity index (χ1v) is 7.53. The van der Waals surface area contributed by atoms with Gasteiger partial charge in [0.2, 0.25) is 5.91 Å². The molecule has 0 spiro atoms. The number of aliphatic carboxylic acids is 1. The number of hydrogen-bond donors (Lipinski definition) is 3. The van der Waals surface area contributed by atoms with E-state index in [0.717, 1.165) is 19.4 Å². The lowest BCUT2D eigenvalue weighted by molar-refractivity contribution is -0.138. The quantitative estimate of drug-likeness (QED) is 0.696. The van der Waals surface area contributed by atoms with E-state index in [1.54, 1.807) is 0 Å². The maximum atomic E-state index is 12.0. The van der Waals surface area contributed by atoms with Gasteiger partial charge in [0.15, 0.2) is 0 Å². The summed E-state index contributed by atoms with van der Waals surface area (Å²) in [7, 11) is 0. The van der Waals surface area contributed by atoms with Gasteiger partial charge < -0.3 is 15.7 Å². The van der Waals surface area contributed by atoms with Gasteiger partial charge in [0, 0.05) is 18.5 Å². The Labute approximate surface area is 121 Å². The van der Waals surface area contributed by atoms with Crippen LogP contribution in [0.4, 0.5) is 0 Å². The van der Waals surface area contributed by atoms with Crippen LogP contribution in [-0.4, -0.2) is 35.6 Å². The molecule has 116 valence electrons. The van der Waals surface area contributed by atoms with Crippen molar-refractivity contribution in [1.82, 2.24) is 10.6 Å². The zero-order valence-corrected chi connectivity index (χ0v) is 12.9. The van der Waals surface area contributed by atoms with E-state index in [-0.39, 0.29) is 23.8 Å². The Bertz CT molecular complexity index is 331. The number of piperidine rings is 1. The number of amides is 1. The Kier molecular flexibility index (Phi) is 6.46. The van der Waals surface area contributed by atoms with E-state index >= 15 is 0 Å². The minimum absolute atomic E-state index is 0.0308. The molecule has 0 bridgehead atoms. The molecule has 0 radical (unpaired) electrons. The van der Waals surface area contributed by atoms with Crippen LogP contribution in [0.2, 0.25) is 0 Å². The third-order valence-electron chi connectivity index (χ3n) is 3.89. The molecule has 0 aliphatic carbocycles. The molecule has 2 unspecified atom stereocenters. The third-order valence-corrected chi connectivity index (χ3v) is 3.89. The van der Waals surface area contributed by atoms with Crippen molar-refractivity contribution in [3.8, 4) is 0 Å². The Morgan fingerprint density at radius 3 is 2.55 bits per heavy atom. The Hall–Kier alpha value is -1.10. The molecule has 3 N–H and O–H groups in total. The molecule has 1 heterocycles. The average molecular weight is 284 g/mol. The number of hydrogen-bond acceptors (Lipinski definition) is 3. The van der Waals surface area contributed by atoms with E-state index in [1.165, 1.54) is 12.8 Å². The molecule has 1 rings (SSSR count). The molecule has 1 aliphatic rings. The van der Waals surface area contributed by atoms with Gasteiger partial charge in [-0.3, -0.25) is 9.59 Å². The molecule has 1 amide bonds. The lowest BCUT2D eigenvalue weighted by atomic mass is 9.84. The summed E-state index contributed by atoms with van der Waals surface area (Å²) in [6, 6.07) is 0.105. The second-order valence-corrected chi connectivity index (χ2v) is 6.77. The monoisotopic (exact) mass is 284 g/mol. The number of rotatable bonds is 6. The normalized spacial score (nSPS) is 21.2. The fraction of sp³-hybridized carbons (Fsp3) is 0.867. The number of carboxylic acid groups (broad SMARTS) is 1. The summed E-state index contributed by atoms with van der Waals surface area (Å²) in [4.78, 5) is 22.9. The van der Waals surface area contributed by atoms with Crippen molar-refractivity contribution in [3.05, 3.63) is 0 Å². The molecule has 1 fully saturated rings. The molecule has 1 aliphatic heterocycles. The van der Waals surface area contributed by atoms with Crippen LogP contribution in [0.1, 0.15) is 59.3 Å². The number of carbonyl (C=O) groups is 2. The van der Waals surface area contributed by atoms with Crippen LogP contribution in [0.15, 0.2) is 0 Å². The van der Waals surface area contributed by atoms with E-state index in [1.807, 2.05) is 20.8 Å². The smallest absolute Gasteiger partial charge is 0.305 e. The first-order chi connectivity index (χ1) is 9.29. The fourth-order valence-electron chi connectivity index (χ4n) is 2.49. The predicted octanol–water partition coefficient (Wildman–Crippen LogP) is 1.91. The maximum absolute atomic E-state index is 12.0. The zero-order valence-electron chi connectivity index (χ0n) is 12.9. The summed E-state index contributed by atoms with van der Waals surface area (Å²) in [5.41, 5.74) is -0.253. The van der Waals surface area contributed by atoms with E-state index < -0.39 is 5.97 Å². The highest BCUT2D eigenvalue weighted by Crippen LogP contribution is 2.22. The summed E-state index contributed by atoms with van der Waals surface area (Å²) in [5.74, 6) is -0.919. The van der Waals surface area contributed by atoms with Crippen molar-refractivity contribution in [2.24, 2.45) is 5.41 Å². The van der Waals surface area contributed by atoms with Crippen LogP contribution >= 0.6 is 0 Å². The first-order valence-electron chi connectivity index (χ1n) is 7.53. The molecular weight excluding hydrogens is 256 g/mol. The predicted molar refractivity (Wildman–Crippen MR) is 78.5 cm³/mol. The van der Waals surface area contributed by atoms with Gasteiger partial charge in [-0.1, -0.05) is 27.2 Å². The highest BCUT2D eigenvalue weighted by Gasteiger charge is 2.28. The zero-order chi connectivity index (χ0) is 15.2. The molecule has 20 heavy (non-hydrogen) atoms. The molecule has 5 nitrogen and oxygen atoms in total. The van der Waals surface area contributed by atoms with Gasteiger partial charge in [-0.2, -0.15) is 0 Å². The molecule has 5 heteroatoms. The van der Waals surface area contributed by atoms with Crippen LogP contribution in [0.3, 0.4) is 0 Å². The van der Waals surface area contributed by atoms with Crippen LogP contribution in [-0.2, 0) is 9.59 Å². The number of carboxylic acids is 1. The van der Waals surface area contributed by atoms with Gasteiger partial charge >= 0.3 is 5.97 Å². The summed E-state index contributed by atoms with van der Waals surface area (Å²) < 4.78 is 0. The number of nitrogens with one attached hydrogen (secondary N) is 2. The molecule has 2 atom stereocenters. The van der Waals surface area contributed by atoms with Crippen molar-refractivity contribution in [2.75, 3.05) is 6.54 Å². The average Bonchev–Trinajstić information content (AvgIpc) is 2.35. The Balaban J connectivity index is 2.39. The Morgan fingerprint density at radius 1 is 1.35 bits per heavy atom. The molecule has 0 saturated carbocycles. The van der Waals surface area contributed by atoms with Gasteiger partial charge in [-0.05, 0) is 31.2 Å². The fourth-order valence-corrected chi connectivity index (χ4v) is 2.49.